The average Bonchev–Trinajstić information content (AvgIpc) is 2.76. The molecule has 2 rings (SSSR count). The number of anilines is 1. The Balaban J connectivity index is 2.25. The van der Waals surface area contributed by atoms with Gasteiger partial charge in [-0.15, -0.1) is 11.3 Å². The number of carboxylic acids is 1. The van der Waals surface area contributed by atoms with Gasteiger partial charge < -0.3 is 10.4 Å². The van der Waals surface area contributed by atoms with Crippen LogP contribution in [-0.4, -0.2) is 11.1 Å². The molecule has 0 bridgehead atoms. The Kier molecular flexibility index (Phi) is 3.67. The number of aryl methyl sites for hydroxylation is 1. The average molecular weight is 261 g/mol. The highest BCUT2D eigenvalue weighted by molar-refractivity contribution is 7.10. The topological polar surface area (TPSA) is 49.3 Å². The predicted octanol–water partition coefficient (Wildman–Crippen LogP) is 3.93. The maximum absolute atomic E-state index is 11.1. The predicted molar refractivity (Wildman–Crippen MR) is 74.5 cm³/mol. The molecule has 0 aliphatic rings. The number of thiophene rings is 1. The summed E-state index contributed by atoms with van der Waals surface area (Å²) in [6.45, 7) is 4.10. The van der Waals surface area contributed by atoms with Crippen molar-refractivity contribution < 1.29 is 9.90 Å². The van der Waals surface area contributed by atoms with E-state index in [0.717, 1.165) is 0 Å². The van der Waals surface area contributed by atoms with Crippen molar-refractivity contribution in [2.75, 3.05) is 5.32 Å². The summed E-state index contributed by atoms with van der Waals surface area (Å²) in [5.41, 5.74) is 2.19. The zero-order chi connectivity index (χ0) is 13.1. The molecule has 2 N–H and O–H groups in total. The summed E-state index contributed by atoms with van der Waals surface area (Å²) in [4.78, 5) is 12.4. The molecule has 0 saturated carbocycles. The van der Waals surface area contributed by atoms with E-state index < -0.39 is 5.97 Å². The fourth-order valence-corrected chi connectivity index (χ4v) is 2.86. The van der Waals surface area contributed by atoms with Crippen molar-refractivity contribution in [1.29, 1.82) is 0 Å². The molecule has 18 heavy (non-hydrogen) atoms. The molecule has 4 heteroatoms. The molecule has 1 heterocycles. The number of hydrogen-bond acceptors (Lipinski definition) is 3. The minimum absolute atomic E-state index is 0.102. The molecule has 1 aromatic carbocycles. The fraction of sp³-hybridized carbons (Fsp3) is 0.214. The SMILES string of the molecule is Cc1ccsc1C(C)Nc1ccccc1C(=O)O. The molecule has 1 aromatic heterocycles. The Morgan fingerprint density at radius 1 is 1.33 bits per heavy atom. The van der Waals surface area contributed by atoms with Crippen LogP contribution in [0.25, 0.3) is 0 Å². The Morgan fingerprint density at radius 2 is 2.06 bits per heavy atom. The van der Waals surface area contributed by atoms with E-state index in [0.29, 0.717) is 11.3 Å². The Morgan fingerprint density at radius 3 is 2.67 bits per heavy atom. The van der Waals surface area contributed by atoms with E-state index in [1.165, 1.54) is 10.4 Å². The van der Waals surface area contributed by atoms with Crippen LogP contribution in [0.4, 0.5) is 5.69 Å². The lowest BCUT2D eigenvalue weighted by molar-refractivity contribution is 0.0698. The van der Waals surface area contributed by atoms with E-state index in [9.17, 15) is 4.79 Å². The minimum Gasteiger partial charge on any atom is -0.478 e. The molecule has 0 saturated heterocycles. The van der Waals surface area contributed by atoms with Crippen molar-refractivity contribution in [2.24, 2.45) is 0 Å². The monoisotopic (exact) mass is 261 g/mol. The first-order valence-electron chi connectivity index (χ1n) is 5.72. The summed E-state index contributed by atoms with van der Waals surface area (Å²) in [6.07, 6.45) is 0. The van der Waals surface area contributed by atoms with E-state index in [4.69, 9.17) is 5.11 Å². The lowest BCUT2D eigenvalue weighted by Gasteiger charge is -2.16. The number of para-hydroxylation sites is 1. The quantitative estimate of drug-likeness (QED) is 0.876. The lowest BCUT2D eigenvalue weighted by atomic mass is 10.1. The fourth-order valence-electron chi connectivity index (χ4n) is 1.92. The van der Waals surface area contributed by atoms with Crippen LogP contribution in [0, 0.1) is 6.92 Å². The van der Waals surface area contributed by atoms with Gasteiger partial charge in [-0.2, -0.15) is 0 Å². The standard InChI is InChI=1S/C14H15NO2S/c1-9-7-8-18-13(9)10(2)15-12-6-4-3-5-11(12)14(16)17/h3-8,10,15H,1-2H3,(H,16,17). The maximum atomic E-state index is 11.1. The zero-order valence-corrected chi connectivity index (χ0v) is 11.1. The smallest absolute Gasteiger partial charge is 0.337 e. The molecule has 1 atom stereocenters. The first-order valence-corrected chi connectivity index (χ1v) is 6.60. The van der Waals surface area contributed by atoms with Crippen molar-refractivity contribution in [3.63, 3.8) is 0 Å². The van der Waals surface area contributed by atoms with Crippen molar-refractivity contribution in [2.45, 2.75) is 19.9 Å². The van der Waals surface area contributed by atoms with E-state index >= 15 is 0 Å². The zero-order valence-electron chi connectivity index (χ0n) is 10.3. The van der Waals surface area contributed by atoms with Crippen LogP contribution in [0.2, 0.25) is 0 Å². The molecule has 0 spiro atoms. The lowest BCUT2D eigenvalue weighted by Crippen LogP contribution is -2.10. The number of hydrogen-bond donors (Lipinski definition) is 2. The second kappa shape index (κ2) is 5.23. The first kappa shape index (κ1) is 12.6. The van der Waals surface area contributed by atoms with Gasteiger partial charge in [-0.25, -0.2) is 4.79 Å². The number of aromatic carboxylic acids is 1. The highest BCUT2D eigenvalue weighted by Crippen LogP contribution is 2.28. The van der Waals surface area contributed by atoms with Gasteiger partial charge in [0.15, 0.2) is 0 Å². The second-order valence-corrected chi connectivity index (χ2v) is 5.13. The van der Waals surface area contributed by atoms with Crippen molar-refractivity contribution >= 4 is 23.0 Å². The number of rotatable bonds is 4. The van der Waals surface area contributed by atoms with Gasteiger partial charge in [-0.1, -0.05) is 12.1 Å². The molecule has 0 radical (unpaired) electrons. The second-order valence-electron chi connectivity index (χ2n) is 4.18. The molecule has 0 aliphatic heterocycles. The van der Waals surface area contributed by atoms with Crippen LogP contribution in [-0.2, 0) is 0 Å². The first-order chi connectivity index (χ1) is 8.59. The Hall–Kier alpha value is -1.81. The van der Waals surface area contributed by atoms with Crippen LogP contribution in [0.3, 0.4) is 0 Å². The third-order valence-electron chi connectivity index (χ3n) is 2.82. The normalized spacial score (nSPS) is 12.1. The van der Waals surface area contributed by atoms with Crippen LogP contribution >= 0.6 is 11.3 Å². The number of nitrogens with one attached hydrogen (secondary N) is 1. The molecule has 0 fully saturated rings. The molecule has 2 aromatic rings. The van der Waals surface area contributed by atoms with Crippen LogP contribution in [0.15, 0.2) is 35.7 Å². The van der Waals surface area contributed by atoms with E-state index in [-0.39, 0.29) is 6.04 Å². The van der Waals surface area contributed by atoms with Gasteiger partial charge >= 0.3 is 5.97 Å². The highest BCUT2D eigenvalue weighted by Gasteiger charge is 2.14. The van der Waals surface area contributed by atoms with Gasteiger partial charge in [0.25, 0.3) is 0 Å². The number of carbonyl (C=O) groups is 1. The van der Waals surface area contributed by atoms with Crippen molar-refractivity contribution in [3.05, 3.63) is 51.7 Å². The van der Waals surface area contributed by atoms with Crippen LogP contribution in [0.1, 0.15) is 33.8 Å². The number of benzene rings is 1. The summed E-state index contributed by atoms with van der Waals surface area (Å²) in [7, 11) is 0. The van der Waals surface area contributed by atoms with E-state index in [1.54, 1.807) is 29.5 Å². The summed E-state index contributed by atoms with van der Waals surface area (Å²) in [5, 5.41) is 14.4. The molecule has 0 aliphatic carbocycles. The van der Waals surface area contributed by atoms with E-state index in [2.05, 4.69) is 18.3 Å². The Bertz CT molecular complexity index is 562. The number of carboxylic acid groups (broad SMARTS) is 1. The summed E-state index contributed by atoms with van der Waals surface area (Å²) in [5.74, 6) is -0.909. The molecule has 3 nitrogen and oxygen atoms in total. The highest BCUT2D eigenvalue weighted by atomic mass is 32.1. The minimum atomic E-state index is -0.909. The van der Waals surface area contributed by atoms with Gasteiger partial charge in [0.05, 0.1) is 11.6 Å². The summed E-state index contributed by atoms with van der Waals surface area (Å²) < 4.78 is 0. The summed E-state index contributed by atoms with van der Waals surface area (Å²) in [6, 6.07) is 9.15. The van der Waals surface area contributed by atoms with Crippen molar-refractivity contribution in [1.82, 2.24) is 0 Å². The van der Waals surface area contributed by atoms with Gasteiger partial charge in [-0.05, 0) is 43.0 Å². The van der Waals surface area contributed by atoms with Gasteiger partial charge in [0.2, 0.25) is 0 Å². The van der Waals surface area contributed by atoms with Gasteiger partial charge in [0, 0.05) is 10.6 Å². The molecule has 0 amide bonds. The maximum Gasteiger partial charge on any atom is 0.337 e. The third kappa shape index (κ3) is 2.54. The Labute approximate surface area is 110 Å². The van der Waals surface area contributed by atoms with E-state index in [1.807, 2.05) is 18.4 Å². The largest absolute Gasteiger partial charge is 0.478 e. The van der Waals surface area contributed by atoms with Crippen LogP contribution in [0.5, 0.6) is 0 Å². The molecular weight excluding hydrogens is 246 g/mol. The summed E-state index contributed by atoms with van der Waals surface area (Å²) >= 11 is 1.68. The van der Waals surface area contributed by atoms with Crippen molar-refractivity contribution in [3.8, 4) is 0 Å². The molecular formula is C14H15NO2S. The van der Waals surface area contributed by atoms with Gasteiger partial charge in [-0.3, -0.25) is 0 Å². The molecule has 1 unspecified atom stereocenters. The molecule has 94 valence electrons. The van der Waals surface area contributed by atoms with Gasteiger partial charge in [0.1, 0.15) is 0 Å². The van der Waals surface area contributed by atoms with Crippen LogP contribution < -0.4 is 5.32 Å². The third-order valence-corrected chi connectivity index (χ3v) is 4.03.